The number of aromatic nitrogens is 2. The summed E-state index contributed by atoms with van der Waals surface area (Å²) in [4.78, 5) is 21.0. The summed E-state index contributed by atoms with van der Waals surface area (Å²) in [5.41, 5.74) is 1.06. The summed E-state index contributed by atoms with van der Waals surface area (Å²) in [6.45, 7) is 4.67. The molecule has 0 radical (unpaired) electrons. The highest BCUT2D eigenvalue weighted by molar-refractivity contribution is 5.93. The number of aromatic amines is 1. The molecule has 1 aliphatic rings. The standard InChI is InChI=1S/C22H21F2N3O3/c1-3-8-22(2,24)12-30-20-7-4-14(9-16(20)23)19-11-29-21(28)27(19)15-5-6-17-18(10-15)26-13-25-17/h3-7,9-10,13,19H,1,8,11-12H2,2H3,(H,25,26). The number of fused-ring (bicyclic) bond motifs is 1. The maximum Gasteiger partial charge on any atom is 0.415 e. The number of amides is 1. The van der Waals surface area contributed by atoms with E-state index in [4.69, 9.17) is 9.47 Å². The van der Waals surface area contributed by atoms with E-state index in [-0.39, 0.29) is 25.4 Å². The molecule has 6 nitrogen and oxygen atoms in total. The second-order valence-electron chi connectivity index (χ2n) is 7.45. The summed E-state index contributed by atoms with van der Waals surface area (Å²) >= 11 is 0. The smallest absolute Gasteiger partial charge is 0.415 e. The van der Waals surface area contributed by atoms with Crippen molar-refractivity contribution in [3.63, 3.8) is 0 Å². The lowest BCUT2D eigenvalue weighted by Crippen LogP contribution is -2.27. The maximum absolute atomic E-state index is 14.6. The number of allylic oxidation sites excluding steroid dienone is 1. The minimum atomic E-state index is -1.64. The van der Waals surface area contributed by atoms with E-state index in [1.54, 1.807) is 30.6 Å². The van der Waals surface area contributed by atoms with Crippen LogP contribution in [-0.4, -0.2) is 34.9 Å². The molecule has 1 aliphatic heterocycles. The van der Waals surface area contributed by atoms with E-state index in [0.717, 1.165) is 11.0 Å². The molecule has 2 unspecified atom stereocenters. The van der Waals surface area contributed by atoms with Gasteiger partial charge in [-0.15, -0.1) is 6.58 Å². The Morgan fingerprint density at radius 1 is 1.40 bits per heavy atom. The van der Waals surface area contributed by atoms with Crippen molar-refractivity contribution in [2.24, 2.45) is 0 Å². The predicted molar refractivity (Wildman–Crippen MR) is 109 cm³/mol. The van der Waals surface area contributed by atoms with Crippen molar-refractivity contribution in [2.75, 3.05) is 18.1 Å². The van der Waals surface area contributed by atoms with Crippen LogP contribution in [-0.2, 0) is 4.74 Å². The number of halogens is 2. The summed E-state index contributed by atoms with van der Waals surface area (Å²) in [5, 5.41) is 0. The highest BCUT2D eigenvalue weighted by Gasteiger charge is 2.36. The molecule has 4 rings (SSSR count). The Kier molecular flexibility index (Phi) is 5.15. The van der Waals surface area contributed by atoms with Crippen LogP contribution in [0.15, 0.2) is 55.4 Å². The molecule has 0 aliphatic carbocycles. The molecular formula is C22H21F2N3O3. The zero-order valence-corrected chi connectivity index (χ0v) is 16.4. The molecule has 1 aromatic heterocycles. The van der Waals surface area contributed by atoms with Crippen molar-refractivity contribution >= 4 is 22.8 Å². The van der Waals surface area contributed by atoms with Crippen LogP contribution in [0.1, 0.15) is 24.9 Å². The summed E-state index contributed by atoms with van der Waals surface area (Å²) < 4.78 is 39.4. The molecule has 2 heterocycles. The minimum Gasteiger partial charge on any atom is -0.487 e. The average Bonchev–Trinajstić information content (AvgIpc) is 3.32. The molecule has 0 bridgehead atoms. The van der Waals surface area contributed by atoms with Crippen LogP contribution in [0.25, 0.3) is 11.0 Å². The van der Waals surface area contributed by atoms with Gasteiger partial charge in [-0.3, -0.25) is 4.90 Å². The van der Waals surface area contributed by atoms with Gasteiger partial charge in [0.05, 0.1) is 29.1 Å². The van der Waals surface area contributed by atoms with E-state index >= 15 is 0 Å². The van der Waals surface area contributed by atoms with Crippen LogP contribution >= 0.6 is 0 Å². The number of carbonyl (C=O) groups excluding carboxylic acids is 1. The third-order valence-electron chi connectivity index (χ3n) is 4.99. The SMILES string of the molecule is C=CCC(C)(F)COc1ccc(C2COC(=O)N2c2ccc3nc[nH]c3c2)cc1F. The van der Waals surface area contributed by atoms with E-state index in [1.807, 2.05) is 0 Å². The molecule has 1 N–H and O–H groups in total. The number of hydrogen-bond acceptors (Lipinski definition) is 4. The lowest BCUT2D eigenvalue weighted by atomic mass is 10.0. The van der Waals surface area contributed by atoms with Gasteiger partial charge in [0, 0.05) is 6.42 Å². The van der Waals surface area contributed by atoms with Gasteiger partial charge in [0.25, 0.3) is 0 Å². The van der Waals surface area contributed by atoms with Crippen molar-refractivity contribution in [1.82, 2.24) is 9.97 Å². The number of H-pyrrole nitrogens is 1. The first-order valence-corrected chi connectivity index (χ1v) is 9.49. The van der Waals surface area contributed by atoms with E-state index in [1.165, 1.54) is 30.0 Å². The number of cyclic esters (lactones) is 1. The Balaban J connectivity index is 1.57. The lowest BCUT2D eigenvalue weighted by molar-refractivity contribution is 0.102. The van der Waals surface area contributed by atoms with Crippen molar-refractivity contribution in [3.8, 4) is 5.75 Å². The third-order valence-corrected chi connectivity index (χ3v) is 4.99. The molecular weight excluding hydrogens is 392 g/mol. The topological polar surface area (TPSA) is 67.5 Å². The number of benzene rings is 2. The molecule has 30 heavy (non-hydrogen) atoms. The summed E-state index contributed by atoms with van der Waals surface area (Å²) in [6.07, 6.45) is 2.61. The van der Waals surface area contributed by atoms with Gasteiger partial charge in [0.2, 0.25) is 0 Å². The lowest BCUT2D eigenvalue weighted by Gasteiger charge is -2.23. The first kappa shape index (κ1) is 19.9. The molecule has 1 saturated heterocycles. The van der Waals surface area contributed by atoms with Gasteiger partial charge in [0.1, 0.15) is 18.9 Å². The second-order valence-corrected chi connectivity index (χ2v) is 7.45. The van der Waals surface area contributed by atoms with Gasteiger partial charge < -0.3 is 14.5 Å². The maximum atomic E-state index is 14.6. The van der Waals surface area contributed by atoms with Crippen LogP contribution in [0.5, 0.6) is 5.75 Å². The van der Waals surface area contributed by atoms with E-state index in [0.29, 0.717) is 11.3 Å². The summed E-state index contributed by atoms with van der Waals surface area (Å²) in [7, 11) is 0. The Bertz CT molecular complexity index is 1100. The van der Waals surface area contributed by atoms with Gasteiger partial charge in [-0.25, -0.2) is 18.6 Å². The summed E-state index contributed by atoms with van der Waals surface area (Å²) in [5.74, 6) is -0.687. The first-order valence-electron chi connectivity index (χ1n) is 9.49. The number of hydrogen-bond donors (Lipinski definition) is 1. The van der Waals surface area contributed by atoms with Gasteiger partial charge >= 0.3 is 6.09 Å². The molecule has 1 fully saturated rings. The van der Waals surface area contributed by atoms with Crippen LogP contribution in [0.4, 0.5) is 19.3 Å². The molecule has 0 saturated carbocycles. The molecule has 8 heteroatoms. The Labute approximate surface area is 172 Å². The Hall–Kier alpha value is -3.42. The molecule has 3 aromatic rings. The van der Waals surface area contributed by atoms with Crippen LogP contribution < -0.4 is 9.64 Å². The monoisotopic (exact) mass is 413 g/mol. The van der Waals surface area contributed by atoms with E-state index in [9.17, 15) is 13.6 Å². The number of anilines is 1. The largest absolute Gasteiger partial charge is 0.487 e. The number of ether oxygens (including phenoxy) is 2. The highest BCUT2D eigenvalue weighted by atomic mass is 19.1. The molecule has 2 atom stereocenters. The fraction of sp³-hybridized carbons (Fsp3) is 0.273. The van der Waals surface area contributed by atoms with Gasteiger partial charge in [-0.1, -0.05) is 12.1 Å². The minimum absolute atomic E-state index is 0.0534. The van der Waals surface area contributed by atoms with Gasteiger partial charge in [0.15, 0.2) is 11.6 Å². The van der Waals surface area contributed by atoms with Gasteiger partial charge in [-0.05, 0) is 42.8 Å². The Morgan fingerprint density at radius 2 is 2.23 bits per heavy atom. The molecule has 156 valence electrons. The normalized spacial score (nSPS) is 18.3. The van der Waals surface area contributed by atoms with E-state index in [2.05, 4.69) is 16.5 Å². The third kappa shape index (κ3) is 3.85. The van der Waals surface area contributed by atoms with Crippen molar-refractivity contribution in [3.05, 3.63) is 66.8 Å². The number of nitrogens with one attached hydrogen (secondary N) is 1. The second kappa shape index (κ2) is 7.78. The van der Waals surface area contributed by atoms with Crippen molar-refractivity contribution in [2.45, 2.75) is 25.1 Å². The van der Waals surface area contributed by atoms with Gasteiger partial charge in [-0.2, -0.15) is 0 Å². The van der Waals surface area contributed by atoms with Crippen molar-refractivity contribution in [1.29, 1.82) is 0 Å². The number of carbonyl (C=O) groups is 1. The van der Waals surface area contributed by atoms with Crippen molar-refractivity contribution < 1.29 is 23.0 Å². The molecule has 2 aromatic carbocycles. The molecule has 0 spiro atoms. The number of nitrogens with zero attached hydrogens (tertiary/aromatic N) is 2. The predicted octanol–water partition coefficient (Wildman–Crippen LogP) is 5.08. The fourth-order valence-electron chi connectivity index (χ4n) is 3.46. The van der Waals surface area contributed by atoms with Crippen LogP contribution in [0, 0.1) is 5.82 Å². The number of rotatable bonds is 7. The fourth-order valence-corrected chi connectivity index (χ4v) is 3.46. The highest BCUT2D eigenvalue weighted by Crippen LogP contribution is 2.35. The zero-order valence-electron chi connectivity index (χ0n) is 16.4. The van der Waals surface area contributed by atoms with Crippen LogP contribution in [0.3, 0.4) is 0 Å². The van der Waals surface area contributed by atoms with E-state index < -0.39 is 23.6 Å². The number of imidazole rings is 1. The Morgan fingerprint density at radius 3 is 3.00 bits per heavy atom. The quantitative estimate of drug-likeness (QED) is 0.549. The summed E-state index contributed by atoms with van der Waals surface area (Å²) in [6, 6.07) is 9.21. The molecule has 1 amide bonds. The zero-order chi connectivity index (χ0) is 21.3. The number of alkyl halides is 1. The first-order chi connectivity index (χ1) is 14.4. The van der Waals surface area contributed by atoms with Crippen LogP contribution in [0.2, 0.25) is 0 Å². The average molecular weight is 413 g/mol.